The van der Waals surface area contributed by atoms with Crippen LogP contribution in [0.4, 0.5) is 13.2 Å². The van der Waals surface area contributed by atoms with Crippen LogP contribution >= 0.6 is 0 Å². The Morgan fingerprint density at radius 1 is 1.24 bits per heavy atom. The Kier molecular flexibility index (Phi) is 2.64. The van der Waals surface area contributed by atoms with Gasteiger partial charge in [-0.2, -0.15) is 13.2 Å². The lowest BCUT2D eigenvalue weighted by Crippen LogP contribution is -2.60. The van der Waals surface area contributed by atoms with Crippen molar-refractivity contribution in [1.82, 2.24) is 15.3 Å². The molecule has 0 unspecified atom stereocenters. The Morgan fingerprint density at radius 3 is 2.62 bits per heavy atom. The van der Waals surface area contributed by atoms with E-state index in [-0.39, 0.29) is 5.39 Å². The first-order valence-corrected chi connectivity index (χ1v) is 7.20. The third-order valence-corrected chi connectivity index (χ3v) is 4.84. The number of hydrogen-bond acceptors (Lipinski definition) is 2. The molecule has 2 aliphatic rings. The van der Waals surface area contributed by atoms with Crippen LogP contribution in [0.5, 0.6) is 0 Å². The molecule has 1 spiro atoms. The summed E-state index contributed by atoms with van der Waals surface area (Å²) in [7, 11) is 0. The summed E-state index contributed by atoms with van der Waals surface area (Å²) in [5.41, 5.74) is 1.09. The molecular formula is C15H16F3N3. The van der Waals surface area contributed by atoms with Crippen LogP contribution in [-0.2, 0) is 12.6 Å². The summed E-state index contributed by atoms with van der Waals surface area (Å²) < 4.78 is 38.4. The van der Waals surface area contributed by atoms with Gasteiger partial charge in [-0.25, -0.2) is 4.98 Å². The molecule has 21 heavy (non-hydrogen) atoms. The Hall–Kier alpha value is -1.56. The summed E-state index contributed by atoms with van der Waals surface area (Å²) in [4.78, 5) is 6.99. The van der Waals surface area contributed by atoms with Gasteiger partial charge in [0, 0.05) is 30.4 Å². The van der Waals surface area contributed by atoms with Gasteiger partial charge in [-0.15, -0.1) is 0 Å². The highest BCUT2D eigenvalue weighted by atomic mass is 19.4. The fourth-order valence-electron chi connectivity index (χ4n) is 3.77. The van der Waals surface area contributed by atoms with E-state index in [0.29, 0.717) is 17.0 Å². The second-order valence-electron chi connectivity index (χ2n) is 6.48. The first-order valence-electron chi connectivity index (χ1n) is 7.20. The molecule has 1 aliphatic carbocycles. The number of nitrogens with one attached hydrogen (secondary N) is 2. The number of hydrogen-bond donors (Lipinski definition) is 2. The number of fused-ring (bicyclic) bond motifs is 1. The van der Waals surface area contributed by atoms with E-state index in [4.69, 9.17) is 0 Å². The summed E-state index contributed by atoms with van der Waals surface area (Å²) in [5.74, 6) is 0.620. The quantitative estimate of drug-likeness (QED) is 0.893. The summed E-state index contributed by atoms with van der Waals surface area (Å²) in [6, 6.07) is 3.27. The van der Waals surface area contributed by atoms with Crippen molar-refractivity contribution in [2.24, 2.45) is 11.3 Å². The molecule has 0 bridgehead atoms. The molecule has 0 radical (unpaired) electrons. The highest BCUT2D eigenvalue weighted by molar-refractivity contribution is 5.80. The van der Waals surface area contributed by atoms with Gasteiger partial charge in [-0.1, -0.05) is 0 Å². The van der Waals surface area contributed by atoms with E-state index in [1.165, 1.54) is 18.9 Å². The van der Waals surface area contributed by atoms with Crippen molar-refractivity contribution in [1.29, 1.82) is 0 Å². The molecule has 6 heteroatoms. The lowest BCUT2D eigenvalue weighted by molar-refractivity contribution is -0.136. The number of alkyl halides is 3. The number of rotatable bonds is 2. The topological polar surface area (TPSA) is 40.7 Å². The van der Waals surface area contributed by atoms with Crippen LogP contribution < -0.4 is 5.32 Å². The number of H-pyrrole nitrogens is 1. The molecule has 0 amide bonds. The zero-order valence-corrected chi connectivity index (χ0v) is 11.4. The van der Waals surface area contributed by atoms with Gasteiger partial charge in [0.05, 0.1) is 5.56 Å². The fourth-order valence-corrected chi connectivity index (χ4v) is 3.77. The number of halogens is 3. The highest BCUT2D eigenvalue weighted by Gasteiger charge is 2.48. The van der Waals surface area contributed by atoms with Crippen LogP contribution in [0.2, 0.25) is 0 Å². The van der Waals surface area contributed by atoms with Gasteiger partial charge in [-0.3, -0.25) is 0 Å². The number of pyridine rings is 1. The predicted octanol–water partition coefficient (Wildman–Crippen LogP) is 3.12. The van der Waals surface area contributed by atoms with E-state index in [1.807, 2.05) is 0 Å². The molecular weight excluding hydrogens is 279 g/mol. The van der Waals surface area contributed by atoms with Gasteiger partial charge in [0.1, 0.15) is 5.65 Å². The number of nitrogens with zero attached hydrogens (tertiary/aromatic N) is 1. The molecule has 2 fully saturated rings. The maximum atomic E-state index is 12.8. The predicted molar refractivity (Wildman–Crippen MR) is 72.8 cm³/mol. The van der Waals surface area contributed by atoms with Crippen molar-refractivity contribution < 1.29 is 13.2 Å². The number of aromatic amines is 1. The van der Waals surface area contributed by atoms with E-state index in [9.17, 15) is 13.2 Å². The van der Waals surface area contributed by atoms with Gasteiger partial charge in [0.15, 0.2) is 0 Å². The molecule has 4 rings (SSSR count). The van der Waals surface area contributed by atoms with Crippen LogP contribution in [-0.4, -0.2) is 23.1 Å². The van der Waals surface area contributed by atoms with Crippen molar-refractivity contribution in [3.05, 3.63) is 29.6 Å². The summed E-state index contributed by atoms with van der Waals surface area (Å²) in [5, 5.41) is 3.45. The third-order valence-electron chi connectivity index (χ3n) is 4.84. The van der Waals surface area contributed by atoms with Gasteiger partial charge in [0.2, 0.25) is 0 Å². The van der Waals surface area contributed by atoms with E-state index < -0.39 is 11.7 Å². The molecule has 112 valence electrons. The molecule has 3 heterocycles. The Balaban J connectivity index is 1.52. The maximum Gasteiger partial charge on any atom is 0.418 e. The Labute approximate surface area is 119 Å². The Morgan fingerprint density at radius 2 is 2.00 bits per heavy atom. The maximum absolute atomic E-state index is 12.8. The molecule has 1 saturated carbocycles. The van der Waals surface area contributed by atoms with Gasteiger partial charge in [-0.05, 0) is 42.7 Å². The lowest BCUT2D eigenvalue weighted by atomic mass is 9.57. The van der Waals surface area contributed by atoms with Crippen molar-refractivity contribution in [2.75, 3.05) is 13.1 Å². The normalized spacial score (nSPS) is 21.5. The molecule has 3 nitrogen and oxygen atoms in total. The smallest absolute Gasteiger partial charge is 0.346 e. The monoisotopic (exact) mass is 295 g/mol. The van der Waals surface area contributed by atoms with Crippen molar-refractivity contribution >= 4 is 11.0 Å². The van der Waals surface area contributed by atoms with E-state index in [1.54, 1.807) is 6.07 Å². The van der Waals surface area contributed by atoms with Crippen LogP contribution in [0.25, 0.3) is 11.0 Å². The molecule has 2 N–H and O–H groups in total. The average Bonchev–Trinajstić information content (AvgIpc) is 2.73. The average molecular weight is 295 g/mol. The van der Waals surface area contributed by atoms with Gasteiger partial charge in [0.25, 0.3) is 0 Å². The largest absolute Gasteiger partial charge is 0.418 e. The number of aromatic nitrogens is 2. The van der Waals surface area contributed by atoms with Crippen molar-refractivity contribution in [3.63, 3.8) is 0 Å². The minimum absolute atomic E-state index is 0.152. The first-order chi connectivity index (χ1) is 9.95. The lowest BCUT2D eigenvalue weighted by Gasteiger charge is -2.54. The second kappa shape index (κ2) is 4.22. The molecule has 0 atom stereocenters. The van der Waals surface area contributed by atoms with E-state index in [2.05, 4.69) is 15.3 Å². The van der Waals surface area contributed by atoms with E-state index in [0.717, 1.165) is 31.4 Å². The molecule has 1 saturated heterocycles. The Bertz CT molecular complexity index is 677. The summed E-state index contributed by atoms with van der Waals surface area (Å²) >= 11 is 0. The highest BCUT2D eigenvalue weighted by Crippen LogP contribution is 2.49. The zero-order valence-electron chi connectivity index (χ0n) is 11.4. The molecule has 2 aromatic rings. The third kappa shape index (κ3) is 2.12. The minimum atomic E-state index is -4.33. The van der Waals surface area contributed by atoms with Crippen molar-refractivity contribution in [2.45, 2.75) is 25.4 Å². The molecule has 2 aromatic heterocycles. The SMILES string of the molecule is FC(F)(F)c1c[nH]c2nc(CC3CC4(CNC4)C3)ccc12. The summed E-state index contributed by atoms with van der Waals surface area (Å²) in [6.07, 6.45) is -0.0621. The second-order valence-corrected chi connectivity index (χ2v) is 6.48. The van der Waals surface area contributed by atoms with Gasteiger partial charge >= 0.3 is 6.18 Å². The first kappa shape index (κ1) is 13.1. The van der Waals surface area contributed by atoms with Crippen LogP contribution in [0.1, 0.15) is 24.1 Å². The van der Waals surface area contributed by atoms with E-state index >= 15 is 0 Å². The summed E-state index contributed by atoms with van der Waals surface area (Å²) in [6.45, 7) is 2.23. The van der Waals surface area contributed by atoms with Crippen LogP contribution in [0, 0.1) is 11.3 Å². The zero-order chi connectivity index (χ0) is 14.7. The standard InChI is InChI=1S/C15H16F3N3/c16-15(17,18)12-6-20-13-11(12)2-1-10(21-13)3-9-4-14(5-9)7-19-8-14/h1-2,6,9,19H,3-5,7-8H2,(H,20,21). The van der Waals surface area contributed by atoms with Crippen LogP contribution in [0.3, 0.4) is 0 Å². The minimum Gasteiger partial charge on any atom is -0.346 e. The molecule has 0 aromatic carbocycles. The molecule has 1 aliphatic heterocycles. The van der Waals surface area contributed by atoms with Gasteiger partial charge < -0.3 is 10.3 Å². The fraction of sp³-hybridized carbons (Fsp3) is 0.533. The van der Waals surface area contributed by atoms with Crippen molar-refractivity contribution in [3.8, 4) is 0 Å². The van der Waals surface area contributed by atoms with Crippen LogP contribution in [0.15, 0.2) is 18.3 Å².